The second-order valence-electron chi connectivity index (χ2n) is 3.69. The van der Waals surface area contributed by atoms with Crippen LogP contribution in [0, 0.1) is 11.8 Å². The molecule has 1 rings (SSSR count). The Bertz CT molecular complexity index is 110. The molecular formula is C8H17NO. The normalized spacial score (nSPS) is 49.2. The standard InChI is InChI=1S/C8H17NO/c1-6-4-9-5-7(2)8(6,3)10/h6-7,9-10H,4-5H2,1-3H3. The Balaban J connectivity index is 2.63. The molecule has 2 unspecified atom stereocenters. The molecule has 0 saturated carbocycles. The summed E-state index contributed by atoms with van der Waals surface area (Å²) in [6, 6.07) is 0. The predicted molar refractivity (Wildman–Crippen MR) is 41.8 cm³/mol. The minimum atomic E-state index is -0.467. The predicted octanol–water partition coefficient (Wildman–Crippen LogP) is 0.613. The average Bonchev–Trinajstić information content (AvgIpc) is 1.84. The van der Waals surface area contributed by atoms with Crippen molar-refractivity contribution in [2.75, 3.05) is 13.1 Å². The van der Waals surface area contributed by atoms with E-state index in [1.165, 1.54) is 0 Å². The zero-order valence-corrected chi connectivity index (χ0v) is 7.02. The van der Waals surface area contributed by atoms with E-state index in [2.05, 4.69) is 19.2 Å². The van der Waals surface area contributed by atoms with Gasteiger partial charge in [0.2, 0.25) is 0 Å². The Hall–Kier alpha value is -0.0800. The second kappa shape index (κ2) is 2.51. The SMILES string of the molecule is CC1CNCC(C)C1(C)O. The molecule has 0 amide bonds. The fraction of sp³-hybridized carbons (Fsp3) is 1.00. The molecule has 1 saturated heterocycles. The molecule has 2 heteroatoms. The first kappa shape index (κ1) is 8.02. The van der Waals surface area contributed by atoms with Gasteiger partial charge in [-0.05, 0) is 18.8 Å². The van der Waals surface area contributed by atoms with Crippen LogP contribution in [-0.4, -0.2) is 23.8 Å². The fourth-order valence-corrected chi connectivity index (χ4v) is 1.42. The van der Waals surface area contributed by atoms with Gasteiger partial charge in [-0.1, -0.05) is 13.8 Å². The van der Waals surface area contributed by atoms with Gasteiger partial charge in [0.25, 0.3) is 0 Å². The summed E-state index contributed by atoms with van der Waals surface area (Å²) >= 11 is 0. The summed E-state index contributed by atoms with van der Waals surface area (Å²) in [5, 5.41) is 13.2. The highest BCUT2D eigenvalue weighted by Crippen LogP contribution is 2.27. The van der Waals surface area contributed by atoms with Crippen LogP contribution in [0.2, 0.25) is 0 Å². The van der Waals surface area contributed by atoms with Gasteiger partial charge in [-0.25, -0.2) is 0 Å². The number of rotatable bonds is 0. The highest BCUT2D eigenvalue weighted by molar-refractivity contribution is 4.90. The Morgan fingerprint density at radius 1 is 1.30 bits per heavy atom. The van der Waals surface area contributed by atoms with E-state index in [0.29, 0.717) is 11.8 Å². The van der Waals surface area contributed by atoms with Crippen LogP contribution >= 0.6 is 0 Å². The molecule has 0 aromatic heterocycles. The van der Waals surface area contributed by atoms with Crippen LogP contribution in [0.15, 0.2) is 0 Å². The fourth-order valence-electron chi connectivity index (χ4n) is 1.42. The lowest BCUT2D eigenvalue weighted by Crippen LogP contribution is -2.52. The van der Waals surface area contributed by atoms with E-state index in [0.717, 1.165) is 13.1 Å². The summed E-state index contributed by atoms with van der Waals surface area (Å²) in [4.78, 5) is 0. The van der Waals surface area contributed by atoms with Gasteiger partial charge in [0.1, 0.15) is 0 Å². The van der Waals surface area contributed by atoms with Crippen molar-refractivity contribution in [2.24, 2.45) is 11.8 Å². The molecule has 0 aliphatic carbocycles. The van der Waals surface area contributed by atoms with Crippen molar-refractivity contribution in [3.05, 3.63) is 0 Å². The third kappa shape index (κ3) is 1.18. The molecule has 0 spiro atoms. The molecule has 0 aromatic carbocycles. The molecule has 10 heavy (non-hydrogen) atoms. The molecule has 1 aliphatic rings. The van der Waals surface area contributed by atoms with Crippen molar-refractivity contribution >= 4 is 0 Å². The largest absolute Gasteiger partial charge is 0.390 e. The molecule has 0 aromatic rings. The number of hydrogen-bond donors (Lipinski definition) is 2. The maximum atomic E-state index is 9.87. The minimum absolute atomic E-state index is 0.372. The number of piperidine rings is 1. The summed E-state index contributed by atoms with van der Waals surface area (Å²) in [7, 11) is 0. The molecule has 1 heterocycles. The summed E-state index contributed by atoms with van der Waals surface area (Å²) in [5.74, 6) is 0.743. The third-order valence-corrected chi connectivity index (χ3v) is 2.90. The van der Waals surface area contributed by atoms with Crippen LogP contribution in [0.4, 0.5) is 0 Å². The summed E-state index contributed by atoms with van der Waals surface area (Å²) in [6.45, 7) is 7.99. The van der Waals surface area contributed by atoms with Crippen molar-refractivity contribution in [2.45, 2.75) is 26.4 Å². The highest BCUT2D eigenvalue weighted by Gasteiger charge is 2.36. The number of aliphatic hydroxyl groups is 1. The van der Waals surface area contributed by atoms with Gasteiger partial charge in [0.05, 0.1) is 5.60 Å². The van der Waals surface area contributed by atoms with Crippen molar-refractivity contribution in [3.8, 4) is 0 Å². The zero-order chi connectivity index (χ0) is 7.78. The van der Waals surface area contributed by atoms with E-state index < -0.39 is 5.60 Å². The maximum absolute atomic E-state index is 9.87. The van der Waals surface area contributed by atoms with Gasteiger partial charge in [0.15, 0.2) is 0 Å². The van der Waals surface area contributed by atoms with Crippen LogP contribution in [0.25, 0.3) is 0 Å². The second-order valence-corrected chi connectivity index (χ2v) is 3.69. The molecule has 1 aliphatic heterocycles. The molecular weight excluding hydrogens is 126 g/mol. The van der Waals surface area contributed by atoms with E-state index in [1.807, 2.05) is 6.92 Å². The third-order valence-electron chi connectivity index (χ3n) is 2.90. The highest BCUT2D eigenvalue weighted by atomic mass is 16.3. The number of nitrogens with one attached hydrogen (secondary N) is 1. The quantitative estimate of drug-likeness (QED) is 0.521. The van der Waals surface area contributed by atoms with E-state index in [-0.39, 0.29) is 0 Å². The Morgan fingerprint density at radius 3 is 2.00 bits per heavy atom. The van der Waals surface area contributed by atoms with Gasteiger partial charge in [-0.2, -0.15) is 0 Å². The lowest BCUT2D eigenvalue weighted by molar-refractivity contribution is -0.0575. The molecule has 2 N–H and O–H groups in total. The molecule has 1 fully saturated rings. The van der Waals surface area contributed by atoms with Crippen LogP contribution in [0.3, 0.4) is 0 Å². The summed E-state index contributed by atoms with van der Waals surface area (Å²) < 4.78 is 0. The van der Waals surface area contributed by atoms with Crippen molar-refractivity contribution in [1.82, 2.24) is 5.32 Å². The molecule has 0 radical (unpaired) electrons. The van der Waals surface area contributed by atoms with Gasteiger partial charge in [0, 0.05) is 13.1 Å². The lowest BCUT2D eigenvalue weighted by Gasteiger charge is -2.40. The molecule has 60 valence electrons. The molecule has 2 nitrogen and oxygen atoms in total. The minimum Gasteiger partial charge on any atom is -0.390 e. The summed E-state index contributed by atoms with van der Waals surface area (Å²) in [6.07, 6.45) is 0. The molecule has 0 bridgehead atoms. The van der Waals surface area contributed by atoms with Crippen LogP contribution < -0.4 is 5.32 Å². The van der Waals surface area contributed by atoms with Crippen LogP contribution in [-0.2, 0) is 0 Å². The van der Waals surface area contributed by atoms with Crippen LogP contribution in [0.5, 0.6) is 0 Å². The van der Waals surface area contributed by atoms with Gasteiger partial charge in [-0.15, -0.1) is 0 Å². The topological polar surface area (TPSA) is 32.3 Å². The van der Waals surface area contributed by atoms with Crippen molar-refractivity contribution in [3.63, 3.8) is 0 Å². The first-order valence-corrected chi connectivity index (χ1v) is 3.98. The van der Waals surface area contributed by atoms with E-state index in [1.54, 1.807) is 0 Å². The number of hydrogen-bond acceptors (Lipinski definition) is 2. The van der Waals surface area contributed by atoms with E-state index in [4.69, 9.17) is 0 Å². The van der Waals surface area contributed by atoms with Crippen LogP contribution in [0.1, 0.15) is 20.8 Å². The first-order valence-electron chi connectivity index (χ1n) is 3.98. The van der Waals surface area contributed by atoms with E-state index in [9.17, 15) is 5.11 Å². The summed E-state index contributed by atoms with van der Waals surface area (Å²) in [5.41, 5.74) is -0.467. The Labute approximate surface area is 62.6 Å². The average molecular weight is 143 g/mol. The monoisotopic (exact) mass is 143 g/mol. The first-order chi connectivity index (χ1) is 4.55. The van der Waals surface area contributed by atoms with Crippen molar-refractivity contribution in [1.29, 1.82) is 0 Å². The molecule has 2 atom stereocenters. The van der Waals surface area contributed by atoms with Gasteiger partial charge >= 0.3 is 0 Å². The lowest BCUT2D eigenvalue weighted by atomic mass is 9.77. The Morgan fingerprint density at radius 2 is 1.70 bits per heavy atom. The van der Waals surface area contributed by atoms with E-state index >= 15 is 0 Å². The maximum Gasteiger partial charge on any atom is 0.0694 e. The Kier molecular flexibility index (Phi) is 2.02. The van der Waals surface area contributed by atoms with Gasteiger partial charge in [-0.3, -0.25) is 0 Å². The smallest absolute Gasteiger partial charge is 0.0694 e. The zero-order valence-electron chi connectivity index (χ0n) is 7.02. The van der Waals surface area contributed by atoms with Crippen molar-refractivity contribution < 1.29 is 5.11 Å². The van der Waals surface area contributed by atoms with Gasteiger partial charge < -0.3 is 10.4 Å².